The molecule has 96 valence electrons. The molecule has 0 aliphatic carbocycles. The van der Waals surface area contributed by atoms with Gasteiger partial charge in [-0.1, -0.05) is 56.8 Å². The van der Waals surface area contributed by atoms with Crippen LogP contribution >= 0.6 is 23.2 Å². The van der Waals surface area contributed by atoms with Crippen molar-refractivity contribution in [2.75, 3.05) is 0 Å². The van der Waals surface area contributed by atoms with Gasteiger partial charge < -0.3 is 5.32 Å². The van der Waals surface area contributed by atoms with Crippen molar-refractivity contribution < 1.29 is 0 Å². The molecule has 0 aliphatic heterocycles. The minimum absolute atomic E-state index is 0.293. The summed E-state index contributed by atoms with van der Waals surface area (Å²) in [7, 11) is 0. The first-order valence-corrected chi connectivity index (χ1v) is 7.01. The van der Waals surface area contributed by atoms with Gasteiger partial charge >= 0.3 is 0 Å². The van der Waals surface area contributed by atoms with Crippen molar-refractivity contribution in [1.29, 1.82) is 0 Å². The van der Waals surface area contributed by atoms with E-state index in [2.05, 4.69) is 26.1 Å². The van der Waals surface area contributed by atoms with Crippen LogP contribution in [0, 0.1) is 0 Å². The Morgan fingerprint density at radius 1 is 1.24 bits per heavy atom. The van der Waals surface area contributed by atoms with E-state index in [0.717, 1.165) is 22.0 Å². The Balaban J connectivity index is 2.90. The maximum absolute atomic E-state index is 6.25. The van der Waals surface area contributed by atoms with Crippen LogP contribution in [-0.2, 0) is 0 Å². The molecule has 1 unspecified atom stereocenters. The van der Waals surface area contributed by atoms with E-state index in [9.17, 15) is 0 Å². The normalized spacial score (nSPS) is 13.1. The summed E-state index contributed by atoms with van der Waals surface area (Å²) >= 11 is 12.3. The summed E-state index contributed by atoms with van der Waals surface area (Å²) in [4.78, 5) is 0. The lowest BCUT2D eigenvalue weighted by Crippen LogP contribution is -2.28. The van der Waals surface area contributed by atoms with E-state index in [1.807, 2.05) is 18.2 Å². The first-order valence-electron chi connectivity index (χ1n) is 6.25. The van der Waals surface area contributed by atoms with Crippen LogP contribution in [0.4, 0.5) is 0 Å². The molecule has 1 nitrogen and oxygen atoms in total. The third kappa shape index (κ3) is 4.87. The Hall–Kier alpha value is -0.240. The van der Waals surface area contributed by atoms with Gasteiger partial charge in [-0.3, -0.25) is 0 Å². The topological polar surface area (TPSA) is 12.0 Å². The Kier molecular flexibility index (Phi) is 6.32. The van der Waals surface area contributed by atoms with Crippen molar-refractivity contribution in [3.05, 3.63) is 33.8 Å². The van der Waals surface area contributed by atoms with Crippen molar-refractivity contribution in [3.63, 3.8) is 0 Å². The first-order chi connectivity index (χ1) is 8.04. The van der Waals surface area contributed by atoms with Gasteiger partial charge in [-0.05, 0) is 30.2 Å². The molecule has 1 atom stereocenters. The van der Waals surface area contributed by atoms with Gasteiger partial charge in [0.25, 0.3) is 0 Å². The number of rotatable bonds is 6. The summed E-state index contributed by atoms with van der Waals surface area (Å²) in [5, 5.41) is 5.10. The van der Waals surface area contributed by atoms with E-state index in [-0.39, 0.29) is 0 Å². The molecule has 0 bridgehead atoms. The summed E-state index contributed by atoms with van der Waals surface area (Å²) in [6.07, 6.45) is 3.47. The van der Waals surface area contributed by atoms with Crippen LogP contribution in [-0.4, -0.2) is 6.04 Å². The zero-order valence-corrected chi connectivity index (χ0v) is 12.3. The summed E-state index contributed by atoms with van der Waals surface area (Å²) in [6, 6.07) is 6.41. The molecule has 1 aromatic rings. The number of benzene rings is 1. The molecule has 0 heterocycles. The summed E-state index contributed by atoms with van der Waals surface area (Å²) in [5.41, 5.74) is 1.11. The standard InChI is InChI=1S/C14H21Cl2N/c1-4-5-6-14(17-10(2)3)12-9-11(15)7-8-13(12)16/h7-10,14,17H,4-6H2,1-3H3. The second kappa shape index (κ2) is 7.25. The van der Waals surface area contributed by atoms with Crippen molar-refractivity contribution in [3.8, 4) is 0 Å². The Morgan fingerprint density at radius 2 is 1.94 bits per heavy atom. The maximum Gasteiger partial charge on any atom is 0.0454 e. The monoisotopic (exact) mass is 273 g/mol. The van der Waals surface area contributed by atoms with Crippen LogP contribution in [0.5, 0.6) is 0 Å². The first kappa shape index (κ1) is 14.8. The fourth-order valence-electron chi connectivity index (χ4n) is 1.92. The molecule has 0 aliphatic rings. The van der Waals surface area contributed by atoms with Crippen molar-refractivity contribution in [2.45, 2.75) is 52.1 Å². The predicted molar refractivity (Wildman–Crippen MR) is 77.0 cm³/mol. The summed E-state index contributed by atoms with van der Waals surface area (Å²) < 4.78 is 0. The molecule has 0 spiro atoms. The van der Waals surface area contributed by atoms with E-state index in [1.165, 1.54) is 12.8 Å². The molecule has 0 fully saturated rings. The van der Waals surface area contributed by atoms with Gasteiger partial charge in [0, 0.05) is 22.1 Å². The minimum Gasteiger partial charge on any atom is -0.308 e. The second-order valence-electron chi connectivity index (χ2n) is 4.68. The Morgan fingerprint density at radius 3 is 2.53 bits per heavy atom. The maximum atomic E-state index is 6.25. The molecular formula is C14H21Cl2N. The highest BCUT2D eigenvalue weighted by atomic mass is 35.5. The highest BCUT2D eigenvalue weighted by molar-refractivity contribution is 6.33. The lowest BCUT2D eigenvalue weighted by Gasteiger charge is -2.23. The number of hydrogen-bond acceptors (Lipinski definition) is 1. The molecule has 0 radical (unpaired) electrons. The lowest BCUT2D eigenvalue weighted by atomic mass is 10.0. The van der Waals surface area contributed by atoms with Gasteiger partial charge in [0.1, 0.15) is 0 Å². The Labute approximate surface area is 115 Å². The van der Waals surface area contributed by atoms with Gasteiger partial charge in [0.2, 0.25) is 0 Å². The van der Waals surface area contributed by atoms with E-state index in [0.29, 0.717) is 12.1 Å². The third-order valence-electron chi connectivity index (χ3n) is 2.71. The zero-order valence-electron chi connectivity index (χ0n) is 10.8. The van der Waals surface area contributed by atoms with Gasteiger partial charge in [-0.2, -0.15) is 0 Å². The van der Waals surface area contributed by atoms with E-state index < -0.39 is 0 Å². The van der Waals surface area contributed by atoms with Crippen molar-refractivity contribution in [1.82, 2.24) is 5.32 Å². The SMILES string of the molecule is CCCCC(NC(C)C)c1cc(Cl)ccc1Cl. The molecule has 0 amide bonds. The minimum atomic E-state index is 0.293. The van der Waals surface area contributed by atoms with Crippen LogP contribution in [0.3, 0.4) is 0 Å². The molecule has 0 saturated carbocycles. The second-order valence-corrected chi connectivity index (χ2v) is 5.53. The highest BCUT2D eigenvalue weighted by Gasteiger charge is 2.15. The predicted octanol–water partition coefficient (Wildman–Crippen LogP) is 5.22. The lowest BCUT2D eigenvalue weighted by molar-refractivity contribution is 0.440. The van der Waals surface area contributed by atoms with Crippen LogP contribution in [0.15, 0.2) is 18.2 Å². The number of halogens is 2. The fourth-order valence-corrected chi connectivity index (χ4v) is 2.35. The summed E-state index contributed by atoms with van der Waals surface area (Å²) in [6.45, 7) is 6.50. The van der Waals surface area contributed by atoms with Crippen LogP contribution < -0.4 is 5.32 Å². The van der Waals surface area contributed by atoms with E-state index in [1.54, 1.807) is 0 Å². The number of unbranched alkanes of at least 4 members (excludes halogenated alkanes) is 1. The molecule has 0 aromatic heterocycles. The van der Waals surface area contributed by atoms with E-state index >= 15 is 0 Å². The zero-order chi connectivity index (χ0) is 12.8. The van der Waals surface area contributed by atoms with Gasteiger partial charge in [-0.15, -0.1) is 0 Å². The Bertz CT molecular complexity index is 350. The van der Waals surface area contributed by atoms with Gasteiger partial charge in [0.15, 0.2) is 0 Å². The molecule has 1 aromatic carbocycles. The molecule has 3 heteroatoms. The third-order valence-corrected chi connectivity index (χ3v) is 3.29. The number of nitrogens with one attached hydrogen (secondary N) is 1. The molecular weight excluding hydrogens is 253 g/mol. The van der Waals surface area contributed by atoms with Crippen molar-refractivity contribution >= 4 is 23.2 Å². The molecule has 0 saturated heterocycles. The molecule has 17 heavy (non-hydrogen) atoms. The van der Waals surface area contributed by atoms with Gasteiger partial charge in [0.05, 0.1) is 0 Å². The largest absolute Gasteiger partial charge is 0.308 e. The van der Waals surface area contributed by atoms with Crippen LogP contribution in [0.25, 0.3) is 0 Å². The number of hydrogen-bond donors (Lipinski definition) is 1. The highest BCUT2D eigenvalue weighted by Crippen LogP contribution is 2.29. The smallest absolute Gasteiger partial charge is 0.0454 e. The molecule has 1 N–H and O–H groups in total. The van der Waals surface area contributed by atoms with Crippen LogP contribution in [0.1, 0.15) is 51.6 Å². The summed E-state index contributed by atoms with van der Waals surface area (Å²) in [5.74, 6) is 0. The average Bonchev–Trinajstić information content (AvgIpc) is 2.27. The van der Waals surface area contributed by atoms with Crippen molar-refractivity contribution in [2.24, 2.45) is 0 Å². The fraction of sp³-hybridized carbons (Fsp3) is 0.571. The average molecular weight is 274 g/mol. The van der Waals surface area contributed by atoms with E-state index in [4.69, 9.17) is 23.2 Å². The quantitative estimate of drug-likeness (QED) is 0.749. The molecule has 1 rings (SSSR count). The van der Waals surface area contributed by atoms with Gasteiger partial charge in [-0.25, -0.2) is 0 Å². The van der Waals surface area contributed by atoms with Crippen LogP contribution in [0.2, 0.25) is 10.0 Å².